The second kappa shape index (κ2) is 4.76. The quantitative estimate of drug-likeness (QED) is 0.632. The number of hydrogen-bond acceptors (Lipinski definition) is 0. The fourth-order valence-electron chi connectivity index (χ4n) is 1.00. The molecule has 1 atom stereocenters. The van der Waals surface area contributed by atoms with Gasteiger partial charge in [-0.05, 0) is 17.9 Å². The normalized spacial score (nSPS) is 11.2. The lowest BCUT2D eigenvalue weighted by molar-refractivity contribution is 0.742. The molecular formula is C12H15. The van der Waals surface area contributed by atoms with Crippen molar-refractivity contribution in [3.8, 4) is 0 Å². The van der Waals surface area contributed by atoms with E-state index in [-0.39, 0.29) is 0 Å². The van der Waals surface area contributed by atoms with Crippen LogP contribution < -0.4 is 0 Å². The summed E-state index contributed by atoms with van der Waals surface area (Å²) in [5, 5.41) is 0. The molecule has 1 rings (SSSR count). The zero-order chi connectivity index (χ0) is 8.81. The molecular weight excluding hydrogens is 144 g/mol. The molecule has 1 unspecified atom stereocenters. The van der Waals surface area contributed by atoms with Crippen molar-refractivity contribution in [2.75, 3.05) is 0 Å². The second-order valence-corrected chi connectivity index (χ2v) is 3.15. The van der Waals surface area contributed by atoms with Gasteiger partial charge in [0.2, 0.25) is 0 Å². The first-order valence-corrected chi connectivity index (χ1v) is 4.33. The Balaban J connectivity index is 2.47. The second-order valence-electron chi connectivity index (χ2n) is 3.15. The molecule has 0 amide bonds. The first-order chi connectivity index (χ1) is 5.79. The highest BCUT2D eigenvalue weighted by molar-refractivity contribution is 5.48. The van der Waals surface area contributed by atoms with Gasteiger partial charge in [-0.2, -0.15) is 0 Å². The van der Waals surface area contributed by atoms with Crippen LogP contribution in [0.4, 0.5) is 0 Å². The van der Waals surface area contributed by atoms with Crippen LogP contribution in [0.3, 0.4) is 0 Å². The van der Waals surface area contributed by atoms with Crippen LogP contribution in [0.25, 0.3) is 6.08 Å². The number of rotatable bonds is 3. The molecule has 1 aromatic carbocycles. The monoisotopic (exact) mass is 159 g/mol. The summed E-state index contributed by atoms with van der Waals surface area (Å²) in [5.41, 5.74) is 1.26. The van der Waals surface area contributed by atoms with E-state index in [0.717, 1.165) is 6.42 Å². The molecule has 0 aliphatic carbocycles. The summed E-state index contributed by atoms with van der Waals surface area (Å²) in [6.07, 6.45) is 5.36. The van der Waals surface area contributed by atoms with Crippen molar-refractivity contribution in [1.29, 1.82) is 0 Å². The van der Waals surface area contributed by atoms with Crippen LogP contribution in [0, 0.1) is 12.8 Å². The third-order valence-electron chi connectivity index (χ3n) is 1.65. The van der Waals surface area contributed by atoms with Crippen molar-refractivity contribution in [3.63, 3.8) is 0 Å². The van der Waals surface area contributed by atoms with Gasteiger partial charge in [0, 0.05) is 0 Å². The molecule has 0 spiro atoms. The van der Waals surface area contributed by atoms with Crippen LogP contribution in [-0.2, 0) is 0 Å². The maximum absolute atomic E-state index is 3.92. The van der Waals surface area contributed by atoms with E-state index < -0.39 is 0 Å². The number of hydrogen-bond donors (Lipinski definition) is 0. The van der Waals surface area contributed by atoms with Crippen molar-refractivity contribution in [3.05, 3.63) is 48.9 Å². The Bertz CT molecular complexity index is 231. The fraction of sp³-hybridized carbons (Fsp3) is 0.250. The molecule has 0 aromatic heterocycles. The van der Waals surface area contributed by atoms with Crippen LogP contribution in [0.1, 0.15) is 18.9 Å². The van der Waals surface area contributed by atoms with Gasteiger partial charge >= 0.3 is 0 Å². The minimum Gasteiger partial charge on any atom is -0.0837 e. The molecule has 0 aliphatic rings. The Morgan fingerprint density at radius 1 is 1.33 bits per heavy atom. The Morgan fingerprint density at radius 3 is 2.58 bits per heavy atom. The Morgan fingerprint density at radius 2 is 2.00 bits per heavy atom. The van der Waals surface area contributed by atoms with E-state index in [2.05, 4.69) is 38.1 Å². The molecule has 63 valence electrons. The van der Waals surface area contributed by atoms with Crippen molar-refractivity contribution in [2.24, 2.45) is 5.92 Å². The van der Waals surface area contributed by atoms with Gasteiger partial charge in [0.25, 0.3) is 0 Å². The van der Waals surface area contributed by atoms with Crippen LogP contribution in [0.2, 0.25) is 0 Å². The summed E-state index contributed by atoms with van der Waals surface area (Å²) in [5.74, 6) is 0.505. The molecule has 0 heterocycles. The van der Waals surface area contributed by atoms with Gasteiger partial charge in [0.15, 0.2) is 0 Å². The van der Waals surface area contributed by atoms with Crippen LogP contribution >= 0.6 is 0 Å². The van der Waals surface area contributed by atoms with Gasteiger partial charge in [0.05, 0.1) is 0 Å². The van der Waals surface area contributed by atoms with Crippen LogP contribution in [-0.4, -0.2) is 0 Å². The summed E-state index contributed by atoms with van der Waals surface area (Å²) in [7, 11) is 0. The molecule has 0 saturated heterocycles. The average molecular weight is 159 g/mol. The molecule has 1 aromatic rings. The Kier molecular flexibility index (Phi) is 3.59. The summed E-state index contributed by atoms with van der Waals surface area (Å²) in [6.45, 7) is 6.04. The molecule has 0 fully saturated rings. The lowest BCUT2D eigenvalue weighted by Gasteiger charge is -1.96. The highest BCUT2D eigenvalue weighted by Gasteiger charge is 1.87. The average Bonchev–Trinajstić information content (AvgIpc) is 2.05. The van der Waals surface area contributed by atoms with Crippen molar-refractivity contribution < 1.29 is 0 Å². The van der Waals surface area contributed by atoms with Crippen molar-refractivity contribution >= 4 is 6.08 Å². The maximum atomic E-state index is 3.92. The van der Waals surface area contributed by atoms with Crippen molar-refractivity contribution in [2.45, 2.75) is 13.3 Å². The van der Waals surface area contributed by atoms with Crippen LogP contribution in [0.15, 0.2) is 36.4 Å². The predicted octanol–water partition coefficient (Wildman–Crippen LogP) is 3.56. The minimum absolute atomic E-state index is 0.505. The smallest absolute Gasteiger partial charge is 0.0260 e. The molecule has 0 bridgehead atoms. The Hall–Kier alpha value is -1.04. The SMILES string of the molecule is [CH2]C(C)C/C=C/c1ccccc1. The lowest BCUT2D eigenvalue weighted by atomic mass is 10.1. The Labute approximate surface area is 74.9 Å². The predicted molar refractivity (Wildman–Crippen MR) is 54.6 cm³/mol. The lowest BCUT2D eigenvalue weighted by Crippen LogP contribution is -1.81. The molecule has 1 radical (unpaired) electrons. The van der Waals surface area contributed by atoms with Gasteiger partial charge in [-0.1, -0.05) is 56.3 Å². The van der Waals surface area contributed by atoms with E-state index in [9.17, 15) is 0 Å². The van der Waals surface area contributed by atoms with E-state index in [4.69, 9.17) is 0 Å². The fourth-order valence-corrected chi connectivity index (χ4v) is 1.00. The van der Waals surface area contributed by atoms with E-state index in [1.165, 1.54) is 5.56 Å². The molecule has 0 heteroatoms. The summed E-state index contributed by atoms with van der Waals surface area (Å²) >= 11 is 0. The highest BCUT2D eigenvalue weighted by atomic mass is 13.9. The first-order valence-electron chi connectivity index (χ1n) is 4.33. The minimum atomic E-state index is 0.505. The zero-order valence-electron chi connectivity index (χ0n) is 7.53. The number of allylic oxidation sites excluding steroid dienone is 1. The molecule has 0 saturated carbocycles. The van der Waals surface area contributed by atoms with Gasteiger partial charge in [-0.3, -0.25) is 0 Å². The van der Waals surface area contributed by atoms with Gasteiger partial charge in [-0.15, -0.1) is 0 Å². The van der Waals surface area contributed by atoms with Gasteiger partial charge in [-0.25, -0.2) is 0 Å². The van der Waals surface area contributed by atoms with E-state index in [1.807, 2.05) is 18.2 Å². The first kappa shape index (κ1) is 9.05. The largest absolute Gasteiger partial charge is 0.0837 e. The maximum Gasteiger partial charge on any atom is -0.0260 e. The van der Waals surface area contributed by atoms with Crippen molar-refractivity contribution in [1.82, 2.24) is 0 Å². The summed E-state index contributed by atoms with van der Waals surface area (Å²) in [4.78, 5) is 0. The third kappa shape index (κ3) is 3.38. The third-order valence-corrected chi connectivity index (χ3v) is 1.65. The van der Waals surface area contributed by atoms with Gasteiger partial charge in [0.1, 0.15) is 0 Å². The highest BCUT2D eigenvalue weighted by Crippen LogP contribution is 2.05. The molecule has 0 aliphatic heterocycles. The van der Waals surface area contributed by atoms with E-state index >= 15 is 0 Å². The van der Waals surface area contributed by atoms with E-state index in [1.54, 1.807) is 0 Å². The summed E-state index contributed by atoms with van der Waals surface area (Å²) in [6, 6.07) is 10.3. The molecule has 12 heavy (non-hydrogen) atoms. The topological polar surface area (TPSA) is 0 Å². The molecule has 0 nitrogen and oxygen atoms in total. The van der Waals surface area contributed by atoms with Crippen LogP contribution in [0.5, 0.6) is 0 Å². The number of benzene rings is 1. The summed E-state index contributed by atoms with van der Waals surface area (Å²) < 4.78 is 0. The van der Waals surface area contributed by atoms with Gasteiger partial charge < -0.3 is 0 Å². The van der Waals surface area contributed by atoms with E-state index in [0.29, 0.717) is 5.92 Å². The molecule has 0 N–H and O–H groups in total. The zero-order valence-corrected chi connectivity index (χ0v) is 7.53. The standard InChI is InChI=1S/C12H15/c1-11(2)7-6-10-12-8-4-3-5-9-12/h3-6,8-11H,1,7H2,2H3/b10-6+.